The van der Waals surface area contributed by atoms with Gasteiger partial charge in [0.05, 0.1) is 12.0 Å². The number of benzene rings is 1. The van der Waals surface area contributed by atoms with Crippen LogP contribution in [0.4, 0.5) is 0 Å². The molecule has 0 bridgehead atoms. The number of carbonyl (C=O) groups is 1. The number of nitrogens with two attached hydrogens (primary N) is 1. The molecule has 0 saturated heterocycles. The average Bonchev–Trinajstić information content (AvgIpc) is 2.37. The fraction of sp³-hybridized carbons (Fsp3) is 0.500. The third-order valence-corrected chi connectivity index (χ3v) is 3.02. The zero-order chi connectivity index (χ0) is 12.7. The van der Waals surface area contributed by atoms with Crippen LogP contribution in [0.2, 0.25) is 0 Å². The van der Waals surface area contributed by atoms with E-state index in [4.69, 9.17) is 10.5 Å². The van der Waals surface area contributed by atoms with Crippen LogP contribution in [0, 0.1) is 0 Å². The third kappa shape index (κ3) is 3.30. The summed E-state index contributed by atoms with van der Waals surface area (Å²) in [5.41, 5.74) is 5.94. The van der Waals surface area contributed by atoms with Crippen LogP contribution in [0.5, 0.6) is 0 Å². The van der Waals surface area contributed by atoms with E-state index < -0.39 is 5.41 Å². The first kappa shape index (κ1) is 13.7. The van der Waals surface area contributed by atoms with Crippen LogP contribution in [-0.4, -0.2) is 19.1 Å². The maximum Gasteiger partial charge on any atom is 0.316 e. The quantitative estimate of drug-likeness (QED) is 0.769. The van der Waals surface area contributed by atoms with Crippen LogP contribution in [0.25, 0.3) is 0 Å². The summed E-state index contributed by atoms with van der Waals surface area (Å²) >= 11 is 0. The Balaban J connectivity index is 2.97. The Labute approximate surface area is 103 Å². The molecule has 0 spiro atoms. The van der Waals surface area contributed by atoms with Crippen molar-refractivity contribution in [3.63, 3.8) is 0 Å². The molecule has 0 saturated carbocycles. The maximum absolute atomic E-state index is 12.1. The van der Waals surface area contributed by atoms with Crippen LogP contribution < -0.4 is 5.73 Å². The number of esters is 1. The molecule has 1 atom stereocenters. The van der Waals surface area contributed by atoms with E-state index in [1.54, 1.807) is 0 Å². The van der Waals surface area contributed by atoms with Gasteiger partial charge in [-0.15, -0.1) is 0 Å². The fourth-order valence-corrected chi connectivity index (χ4v) is 1.92. The van der Waals surface area contributed by atoms with E-state index in [-0.39, 0.29) is 5.97 Å². The van der Waals surface area contributed by atoms with Crippen LogP contribution in [0.3, 0.4) is 0 Å². The first-order valence-corrected chi connectivity index (χ1v) is 6.08. The van der Waals surface area contributed by atoms with E-state index in [1.807, 2.05) is 44.2 Å². The van der Waals surface area contributed by atoms with Crippen molar-refractivity contribution >= 4 is 5.97 Å². The van der Waals surface area contributed by atoms with Gasteiger partial charge in [-0.05, 0) is 38.8 Å². The van der Waals surface area contributed by atoms with Crippen LogP contribution in [-0.2, 0) is 14.9 Å². The lowest BCUT2D eigenvalue weighted by Gasteiger charge is -2.27. The first-order chi connectivity index (χ1) is 8.15. The predicted molar refractivity (Wildman–Crippen MR) is 68.7 cm³/mol. The zero-order valence-electron chi connectivity index (χ0n) is 10.6. The lowest BCUT2D eigenvalue weighted by molar-refractivity contribution is -0.149. The molecule has 0 aromatic heterocycles. The van der Waals surface area contributed by atoms with Gasteiger partial charge in [-0.25, -0.2) is 0 Å². The molecule has 0 heterocycles. The molecular weight excluding hydrogens is 214 g/mol. The predicted octanol–water partition coefficient (Wildman–Crippen LogP) is 2.25. The summed E-state index contributed by atoms with van der Waals surface area (Å²) in [6, 6.07) is 9.75. The zero-order valence-corrected chi connectivity index (χ0v) is 10.6. The standard InChI is InChI=1S/C14H21NO2/c1-3-17-13(16)14(2,10-7-11-15)12-8-5-4-6-9-12/h4-6,8-9H,3,7,10-11,15H2,1-2H3. The van der Waals surface area contributed by atoms with Gasteiger partial charge in [0.2, 0.25) is 0 Å². The van der Waals surface area contributed by atoms with Crippen LogP contribution in [0.15, 0.2) is 30.3 Å². The number of ether oxygens (including phenoxy) is 1. The van der Waals surface area contributed by atoms with Crippen molar-refractivity contribution in [3.05, 3.63) is 35.9 Å². The molecule has 1 rings (SSSR count). The first-order valence-electron chi connectivity index (χ1n) is 6.08. The molecule has 1 aromatic rings. The highest BCUT2D eigenvalue weighted by Crippen LogP contribution is 2.30. The highest BCUT2D eigenvalue weighted by atomic mass is 16.5. The molecule has 0 aliphatic heterocycles. The minimum atomic E-state index is -0.587. The Kier molecular flexibility index (Phi) is 5.16. The van der Waals surface area contributed by atoms with Gasteiger partial charge in [0.25, 0.3) is 0 Å². The van der Waals surface area contributed by atoms with Gasteiger partial charge in [-0.2, -0.15) is 0 Å². The van der Waals surface area contributed by atoms with E-state index in [1.165, 1.54) is 0 Å². The smallest absolute Gasteiger partial charge is 0.316 e. The molecule has 17 heavy (non-hydrogen) atoms. The molecule has 0 aliphatic rings. The van der Waals surface area contributed by atoms with Gasteiger partial charge < -0.3 is 10.5 Å². The minimum Gasteiger partial charge on any atom is -0.465 e. The Morgan fingerprint density at radius 1 is 1.35 bits per heavy atom. The second-order valence-electron chi connectivity index (χ2n) is 4.31. The summed E-state index contributed by atoms with van der Waals surface area (Å²) < 4.78 is 5.18. The van der Waals surface area contributed by atoms with Gasteiger partial charge in [0.15, 0.2) is 0 Å². The van der Waals surface area contributed by atoms with Crippen molar-refractivity contribution in [2.45, 2.75) is 32.1 Å². The second kappa shape index (κ2) is 6.40. The highest BCUT2D eigenvalue weighted by molar-refractivity contribution is 5.82. The molecule has 1 unspecified atom stereocenters. The van der Waals surface area contributed by atoms with Gasteiger partial charge >= 0.3 is 5.97 Å². The number of carbonyl (C=O) groups excluding carboxylic acids is 1. The lowest BCUT2D eigenvalue weighted by atomic mass is 9.78. The molecule has 94 valence electrons. The number of hydrogen-bond donors (Lipinski definition) is 1. The van der Waals surface area contributed by atoms with Gasteiger partial charge in [0, 0.05) is 0 Å². The van der Waals surface area contributed by atoms with E-state index in [9.17, 15) is 4.79 Å². The maximum atomic E-state index is 12.1. The molecule has 3 heteroatoms. The van der Waals surface area contributed by atoms with Crippen LogP contribution in [0.1, 0.15) is 32.3 Å². The summed E-state index contributed by atoms with van der Waals surface area (Å²) in [5.74, 6) is -0.167. The summed E-state index contributed by atoms with van der Waals surface area (Å²) in [7, 11) is 0. The van der Waals surface area contributed by atoms with E-state index in [0.717, 1.165) is 12.0 Å². The van der Waals surface area contributed by atoms with Gasteiger partial charge in [0.1, 0.15) is 0 Å². The molecular formula is C14H21NO2. The monoisotopic (exact) mass is 235 g/mol. The molecule has 0 amide bonds. The van der Waals surface area contributed by atoms with Crippen molar-refractivity contribution in [1.29, 1.82) is 0 Å². The molecule has 0 fully saturated rings. The summed E-state index contributed by atoms with van der Waals surface area (Å²) in [6.07, 6.45) is 1.52. The second-order valence-corrected chi connectivity index (χ2v) is 4.31. The van der Waals surface area contributed by atoms with Gasteiger partial charge in [-0.3, -0.25) is 4.79 Å². The topological polar surface area (TPSA) is 52.3 Å². The Bertz CT molecular complexity index is 350. The molecule has 0 radical (unpaired) electrons. The molecule has 2 N–H and O–H groups in total. The number of hydrogen-bond acceptors (Lipinski definition) is 3. The van der Waals surface area contributed by atoms with E-state index >= 15 is 0 Å². The van der Waals surface area contributed by atoms with Crippen molar-refractivity contribution in [1.82, 2.24) is 0 Å². The summed E-state index contributed by atoms with van der Waals surface area (Å²) in [4.78, 5) is 12.1. The van der Waals surface area contributed by atoms with E-state index in [2.05, 4.69) is 0 Å². The Hall–Kier alpha value is -1.35. The van der Waals surface area contributed by atoms with E-state index in [0.29, 0.717) is 19.6 Å². The normalized spacial score (nSPS) is 14.1. The Morgan fingerprint density at radius 3 is 2.53 bits per heavy atom. The highest BCUT2D eigenvalue weighted by Gasteiger charge is 2.35. The van der Waals surface area contributed by atoms with Gasteiger partial charge in [-0.1, -0.05) is 30.3 Å². The average molecular weight is 235 g/mol. The minimum absolute atomic E-state index is 0.167. The fourth-order valence-electron chi connectivity index (χ4n) is 1.92. The largest absolute Gasteiger partial charge is 0.465 e. The molecule has 3 nitrogen and oxygen atoms in total. The molecule has 1 aromatic carbocycles. The van der Waals surface area contributed by atoms with Crippen molar-refractivity contribution in [3.8, 4) is 0 Å². The summed E-state index contributed by atoms with van der Waals surface area (Å²) in [5, 5.41) is 0. The summed E-state index contributed by atoms with van der Waals surface area (Å²) in [6.45, 7) is 4.74. The Morgan fingerprint density at radius 2 is 2.00 bits per heavy atom. The van der Waals surface area contributed by atoms with Crippen molar-refractivity contribution in [2.75, 3.05) is 13.2 Å². The van der Waals surface area contributed by atoms with Crippen molar-refractivity contribution < 1.29 is 9.53 Å². The van der Waals surface area contributed by atoms with Crippen molar-refractivity contribution in [2.24, 2.45) is 5.73 Å². The SMILES string of the molecule is CCOC(=O)C(C)(CCCN)c1ccccc1. The van der Waals surface area contributed by atoms with Crippen LogP contribution >= 0.6 is 0 Å². The lowest BCUT2D eigenvalue weighted by Crippen LogP contribution is -2.35. The molecule has 0 aliphatic carbocycles. The third-order valence-electron chi connectivity index (χ3n) is 3.02. The number of rotatable bonds is 6.